The summed E-state index contributed by atoms with van der Waals surface area (Å²) in [5.41, 5.74) is 2.02. The molecule has 1 N–H and O–H groups in total. The number of carbonyl (C=O) groups is 2. The fourth-order valence-corrected chi connectivity index (χ4v) is 2.39. The molecular weight excluding hydrogens is 254 g/mol. The number of rotatable bonds is 3. The van der Waals surface area contributed by atoms with Crippen LogP contribution in [-0.4, -0.2) is 34.8 Å². The highest BCUT2D eigenvalue weighted by Gasteiger charge is 2.35. The molecule has 1 saturated heterocycles. The summed E-state index contributed by atoms with van der Waals surface area (Å²) in [5.74, 6) is -0.285. The SMILES string of the molecule is CN1C(=O)CC(NCc2ccc3ncccc3c2)C1=O. The Morgan fingerprint density at radius 1 is 1.35 bits per heavy atom. The van der Waals surface area contributed by atoms with Gasteiger partial charge in [-0.1, -0.05) is 12.1 Å². The minimum atomic E-state index is -0.405. The Hall–Kier alpha value is -2.27. The zero-order valence-electron chi connectivity index (χ0n) is 11.2. The molecule has 20 heavy (non-hydrogen) atoms. The second-order valence-electron chi connectivity index (χ2n) is 4.96. The zero-order valence-corrected chi connectivity index (χ0v) is 11.2. The van der Waals surface area contributed by atoms with Gasteiger partial charge in [-0.3, -0.25) is 19.5 Å². The number of likely N-dealkylation sites (N-methyl/N-ethyl adjacent to an activating group) is 1. The molecule has 5 heteroatoms. The molecule has 1 aliphatic rings. The largest absolute Gasteiger partial charge is 0.301 e. The average Bonchev–Trinajstić information content (AvgIpc) is 2.72. The molecule has 1 unspecified atom stereocenters. The summed E-state index contributed by atoms with van der Waals surface area (Å²) in [6.07, 6.45) is 2.00. The third-order valence-electron chi connectivity index (χ3n) is 3.60. The van der Waals surface area contributed by atoms with Gasteiger partial charge in [-0.2, -0.15) is 0 Å². The molecule has 0 radical (unpaired) electrons. The molecular formula is C15H15N3O2. The number of amides is 2. The summed E-state index contributed by atoms with van der Waals surface area (Å²) in [6.45, 7) is 0.558. The second-order valence-corrected chi connectivity index (χ2v) is 4.96. The van der Waals surface area contributed by atoms with Gasteiger partial charge in [0, 0.05) is 25.2 Å². The number of aromatic nitrogens is 1. The van der Waals surface area contributed by atoms with Crippen molar-refractivity contribution in [3.05, 3.63) is 42.1 Å². The Morgan fingerprint density at radius 2 is 2.20 bits per heavy atom. The van der Waals surface area contributed by atoms with Crippen LogP contribution in [0, 0.1) is 0 Å². The van der Waals surface area contributed by atoms with Gasteiger partial charge in [0.2, 0.25) is 11.8 Å². The van der Waals surface area contributed by atoms with Gasteiger partial charge in [0.1, 0.15) is 0 Å². The fraction of sp³-hybridized carbons (Fsp3) is 0.267. The van der Waals surface area contributed by atoms with Crippen LogP contribution in [0.2, 0.25) is 0 Å². The number of imide groups is 1. The molecule has 1 atom stereocenters. The molecule has 1 aromatic heterocycles. The van der Waals surface area contributed by atoms with Gasteiger partial charge >= 0.3 is 0 Å². The third kappa shape index (κ3) is 2.28. The minimum absolute atomic E-state index is 0.129. The van der Waals surface area contributed by atoms with Gasteiger partial charge in [-0.05, 0) is 23.8 Å². The number of nitrogens with one attached hydrogen (secondary N) is 1. The van der Waals surface area contributed by atoms with Crippen molar-refractivity contribution in [3.8, 4) is 0 Å². The summed E-state index contributed by atoms with van der Waals surface area (Å²) in [7, 11) is 1.52. The maximum Gasteiger partial charge on any atom is 0.246 e. The van der Waals surface area contributed by atoms with Crippen LogP contribution < -0.4 is 5.32 Å². The lowest BCUT2D eigenvalue weighted by atomic mass is 10.1. The molecule has 1 fully saturated rings. The smallest absolute Gasteiger partial charge is 0.246 e. The minimum Gasteiger partial charge on any atom is -0.301 e. The molecule has 102 valence electrons. The number of hydrogen-bond acceptors (Lipinski definition) is 4. The van der Waals surface area contributed by atoms with Crippen LogP contribution in [0.15, 0.2) is 36.5 Å². The van der Waals surface area contributed by atoms with E-state index in [-0.39, 0.29) is 18.2 Å². The molecule has 1 aliphatic heterocycles. The predicted molar refractivity (Wildman–Crippen MR) is 74.8 cm³/mol. The molecule has 0 saturated carbocycles. The number of nitrogens with zero attached hydrogens (tertiary/aromatic N) is 2. The van der Waals surface area contributed by atoms with Gasteiger partial charge in [0.15, 0.2) is 0 Å². The van der Waals surface area contributed by atoms with Gasteiger partial charge in [0.05, 0.1) is 18.0 Å². The van der Waals surface area contributed by atoms with Crippen LogP contribution >= 0.6 is 0 Å². The summed E-state index contributed by atoms with van der Waals surface area (Å²) in [4.78, 5) is 28.7. The highest BCUT2D eigenvalue weighted by molar-refractivity contribution is 6.05. The van der Waals surface area contributed by atoms with E-state index in [0.717, 1.165) is 16.5 Å². The summed E-state index contributed by atoms with van der Waals surface area (Å²) in [6, 6.07) is 9.47. The molecule has 2 heterocycles. The highest BCUT2D eigenvalue weighted by Crippen LogP contribution is 2.15. The fourth-order valence-electron chi connectivity index (χ4n) is 2.39. The lowest BCUT2D eigenvalue weighted by molar-refractivity contribution is -0.137. The first-order chi connectivity index (χ1) is 9.65. The van der Waals surface area contributed by atoms with Crippen molar-refractivity contribution in [1.29, 1.82) is 0 Å². The lowest BCUT2D eigenvalue weighted by Crippen LogP contribution is -2.36. The van der Waals surface area contributed by atoms with Gasteiger partial charge in [-0.25, -0.2) is 0 Å². The van der Waals surface area contributed by atoms with Crippen LogP contribution in [0.3, 0.4) is 0 Å². The van der Waals surface area contributed by atoms with E-state index < -0.39 is 6.04 Å². The van der Waals surface area contributed by atoms with Crippen LogP contribution in [0.5, 0.6) is 0 Å². The van der Waals surface area contributed by atoms with E-state index in [2.05, 4.69) is 10.3 Å². The van der Waals surface area contributed by atoms with E-state index in [9.17, 15) is 9.59 Å². The van der Waals surface area contributed by atoms with Crippen LogP contribution in [0.1, 0.15) is 12.0 Å². The maximum atomic E-state index is 11.8. The van der Waals surface area contributed by atoms with Crippen molar-refractivity contribution in [1.82, 2.24) is 15.2 Å². The predicted octanol–water partition coefficient (Wildman–Crippen LogP) is 1.08. The van der Waals surface area contributed by atoms with Crippen LogP contribution in [-0.2, 0) is 16.1 Å². The Labute approximate surface area is 116 Å². The zero-order chi connectivity index (χ0) is 14.1. The normalized spacial score (nSPS) is 19.1. The Bertz CT molecular complexity index is 684. The van der Waals surface area contributed by atoms with E-state index in [1.54, 1.807) is 6.20 Å². The van der Waals surface area contributed by atoms with E-state index in [1.165, 1.54) is 11.9 Å². The van der Waals surface area contributed by atoms with E-state index in [4.69, 9.17) is 0 Å². The maximum absolute atomic E-state index is 11.8. The number of hydrogen-bond donors (Lipinski definition) is 1. The molecule has 5 nitrogen and oxygen atoms in total. The van der Waals surface area contributed by atoms with Crippen LogP contribution in [0.25, 0.3) is 10.9 Å². The van der Waals surface area contributed by atoms with E-state index in [0.29, 0.717) is 6.54 Å². The Morgan fingerprint density at radius 3 is 2.95 bits per heavy atom. The quantitative estimate of drug-likeness (QED) is 0.847. The number of likely N-dealkylation sites (tertiary alicyclic amines) is 1. The topological polar surface area (TPSA) is 62.3 Å². The number of carbonyl (C=O) groups excluding carboxylic acids is 2. The molecule has 1 aromatic carbocycles. The van der Waals surface area contributed by atoms with Crippen molar-refractivity contribution in [2.75, 3.05) is 7.05 Å². The summed E-state index contributed by atoms with van der Waals surface area (Å²) < 4.78 is 0. The molecule has 2 amide bonds. The molecule has 0 spiro atoms. The van der Waals surface area contributed by atoms with Gasteiger partial charge in [-0.15, -0.1) is 0 Å². The summed E-state index contributed by atoms with van der Waals surface area (Å²) in [5, 5.41) is 4.21. The number of benzene rings is 1. The van der Waals surface area contributed by atoms with Crippen molar-refractivity contribution in [2.45, 2.75) is 19.0 Å². The first-order valence-electron chi connectivity index (χ1n) is 6.52. The van der Waals surface area contributed by atoms with E-state index >= 15 is 0 Å². The number of fused-ring (bicyclic) bond motifs is 1. The second kappa shape index (κ2) is 5.02. The molecule has 3 rings (SSSR count). The van der Waals surface area contributed by atoms with Crippen molar-refractivity contribution in [3.63, 3.8) is 0 Å². The third-order valence-corrected chi connectivity index (χ3v) is 3.60. The average molecular weight is 269 g/mol. The number of pyridine rings is 1. The first kappa shape index (κ1) is 12.7. The molecule has 2 aromatic rings. The van der Waals surface area contributed by atoms with E-state index in [1.807, 2.05) is 30.3 Å². The monoisotopic (exact) mass is 269 g/mol. The standard InChI is InChI=1S/C15H15N3O2/c1-18-14(19)8-13(15(18)20)17-9-10-4-5-12-11(7-10)3-2-6-16-12/h2-7,13,17H,8-9H2,1H3. The van der Waals surface area contributed by atoms with Crippen molar-refractivity contribution < 1.29 is 9.59 Å². The van der Waals surface area contributed by atoms with Gasteiger partial charge in [0.25, 0.3) is 0 Å². The first-order valence-corrected chi connectivity index (χ1v) is 6.52. The molecule has 0 aliphatic carbocycles. The molecule has 0 bridgehead atoms. The van der Waals surface area contributed by atoms with Crippen molar-refractivity contribution in [2.24, 2.45) is 0 Å². The Balaban J connectivity index is 1.71. The summed E-state index contributed by atoms with van der Waals surface area (Å²) >= 11 is 0. The van der Waals surface area contributed by atoms with Crippen molar-refractivity contribution >= 4 is 22.7 Å². The highest BCUT2D eigenvalue weighted by atomic mass is 16.2. The van der Waals surface area contributed by atoms with Crippen LogP contribution in [0.4, 0.5) is 0 Å². The lowest BCUT2D eigenvalue weighted by Gasteiger charge is -2.11. The Kier molecular flexibility index (Phi) is 3.20. The van der Waals surface area contributed by atoms with Gasteiger partial charge < -0.3 is 5.32 Å².